The summed E-state index contributed by atoms with van der Waals surface area (Å²) in [5.74, 6) is 0.836. The highest BCUT2D eigenvalue weighted by molar-refractivity contribution is 5.59. The standard InChI is InChI=1S/C12H16FN/c1-7(2)12-8(3)10-6-9(13)4-5-11(10)14-12/h4-8,12,14H,1-3H3. The molecule has 1 aliphatic rings. The monoisotopic (exact) mass is 193 g/mol. The summed E-state index contributed by atoms with van der Waals surface area (Å²) < 4.78 is 13.0. The molecule has 1 aromatic carbocycles. The van der Waals surface area contributed by atoms with Gasteiger partial charge in [0.05, 0.1) is 0 Å². The zero-order valence-corrected chi connectivity index (χ0v) is 8.84. The Morgan fingerprint density at radius 3 is 2.71 bits per heavy atom. The van der Waals surface area contributed by atoms with Gasteiger partial charge in [0.15, 0.2) is 0 Å². The number of nitrogens with one attached hydrogen (secondary N) is 1. The molecule has 0 saturated carbocycles. The highest BCUT2D eigenvalue weighted by Crippen LogP contribution is 2.38. The first-order valence-corrected chi connectivity index (χ1v) is 5.15. The maximum absolute atomic E-state index is 13.0. The third-order valence-corrected chi connectivity index (χ3v) is 3.08. The predicted molar refractivity (Wildman–Crippen MR) is 57.1 cm³/mol. The lowest BCUT2D eigenvalue weighted by Gasteiger charge is -2.20. The number of hydrogen-bond donors (Lipinski definition) is 1. The Labute approximate surface area is 84.3 Å². The van der Waals surface area contributed by atoms with E-state index in [9.17, 15) is 4.39 Å². The lowest BCUT2D eigenvalue weighted by atomic mass is 9.90. The zero-order chi connectivity index (χ0) is 10.3. The quantitative estimate of drug-likeness (QED) is 0.721. The first kappa shape index (κ1) is 9.50. The van der Waals surface area contributed by atoms with Crippen LogP contribution >= 0.6 is 0 Å². The van der Waals surface area contributed by atoms with Crippen molar-refractivity contribution in [1.29, 1.82) is 0 Å². The number of halogens is 1. The minimum absolute atomic E-state index is 0.137. The maximum Gasteiger partial charge on any atom is 0.123 e. The smallest absolute Gasteiger partial charge is 0.123 e. The van der Waals surface area contributed by atoms with Crippen molar-refractivity contribution in [1.82, 2.24) is 0 Å². The first-order chi connectivity index (χ1) is 6.59. The summed E-state index contributed by atoms with van der Waals surface area (Å²) in [7, 11) is 0. The van der Waals surface area contributed by atoms with E-state index >= 15 is 0 Å². The number of anilines is 1. The van der Waals surface area contributed by atoms with Gasteiger partial charge in [-0.05, 0) is 29.7 Å². The van der Waals surface area contributed by atoms with E-state index in [1.54, 1.807) is 6.07 Å². The number of benzene rings is 1. The molecule has 0 amide bonds. The molecule has 0 aliphatic carbocycles. The fraction of sp³-hybridized carbons (Fsp3) is 0.500. The molecule has 2 atom stereocenters. The van der Waals surface area contributed by atoms with Crippen LogP contribution in [0.4, 0.5) is 10.1 Å². The Morgan fingerprint density at radius 2 is 2.07 bits per heavy atom. The van der Waals surface area contributed by atoms with Crippen LogP contribution in [0, 0.1) is 11.7 Å². The lowest BCUT2D eigenvalue weighted by Crippen LogP contribution is -2.24. The maximum atomic E-state index is 13.0. The van der Waals surface area contributed by atoms with Gasteiger partial charge in [0.2, 0.25) is 0 Å². The van der Waals surface area contributed by atoms with Crippen LogP contribution in [0.15, 0.2) is 18.2 Å². The summed E-state index contributed by atoms with van der Waals surface area (Å²) in [5, 5.41) is 3.44. The predicted octanol–water partition coefficient (Wildman–Crippen LogP) is 3.38. The summed E-state index contributed by atoms with van der Waals surface area (Å²) in [6.45, 7) is 6.54. The summed E-state index contributed by atoms with van der Waals surface area (Å²) in [4.78, 5) is 0. The second kappa shape index (κ2) is 3.26. The molecular formula is C12H16FN. The molecule has 0 spiro atoms. The Kier molecular flexibility index (Phi) is 2.22. The number of rotatable bonds is 1. The molecule has 0 radical (unpaired) electrons. The Bertz CT molecular complexity index is 346. The van der Waals surface area contributed by atoms with Gasteiger partial charge in [0.1, 0.15) is 5.82 Å². The molecule has 2 unspecified atom stereocenters. The topological polar surface area (TPSA) is 12.0 Å². The molecule has 76 valence electrons. The van der Waals surface area contributed by atoms with Gasteiger partial charge in [0, 0.05) is 17.6 Å². The Morgan fingerprint density at radius 1 is 1.36 bits per heavy atom. The van der Waals surface area contributed by atoms with Crippen molar-refractivity contribution in [3.05, 3.63) is 29.6 Å². The lowest BCUT2D eigenvalue weighted by molar-refractivity contribution is 0.482. The van der Waals surface area contributed by atoms with E-state index in [4.69, 9.17) is 0 Å². The van der Waals surface area contributed by atoms with Crippen molar-refractivity contribution in [3.63, 3.8) is 0 Å². The van der Waals surface area contributed by atoms with Crippen molar-refractivity contribution in [2.75, 3.05) is 5.32 Å². The Hall–Kier alpha value is -1.05. The largest absolute Gasteiger partial charge is 0.381 e. The molecule has 0 saturated heterocycles. The molecular weight excluding hydrogens is 177 g/mol. The summed E-state index contributed by atoms with van der Waals surface area (Å²) in [5.41, 5.74) is 2.21. The second-order valence-electron chi connectivity index (χ2n) is 4.43. The van der Waals surface area contributed by atoms with Gasteiger partial charge in [-0.15, -0.1) is 0 Å². The van der Waals surface area contributed by atoms with Crippen molar-refractivity contribution in [3.8, 4) is 0 Å². The molecule has 1 aromatic rings. The van der Waals surface area contributed by atoms with Crippen molar-refractivity contribution >= 4 is 5.69 Å². The molecule has 14 heavy (non-hydrogen) atoms. The van der Waals surface area contributed by atoms with Crippen molar-refractivity contribution in [2.24, 2.45) is 5.92 Å². The van der Waals surface area contributed by atoms with Crippen LogP contribution in [-0.2, 0) is 0 Å². The summed E-state index contributed by atoms with van der Waals surface area (Å²) in [6.07, 6.45) is 0. The van der Waals surface area contributed by atoms with Crippen LogP contribution < -0.4 is 5.32 Å². The highest BCUT2D eigenvalue weighted by Gasteiger charge is 2.30. The molecule has 2 heteroatoms. The van der Waals surface area contributed by atoms with E-state index in [-0.39, 0.29) is 5.82 Å². The van der Waals surface area contributed by atoms with Crippen molar-refractivity contribution in [2.45, 2.75) is 32.7 Å². The number of fused-ring (bicyclic) bond motifs is 1. The molecule has 1 nitrogen and oxygen atoms in total. The van der Waals surface area contributed by atoms with Gasteiger partial charge in [-0.2, -0.15) is 0 Å². The second-order valence-corrected chi connectivity index (χ2v) is 4.43. The van der Waals surface area contributed by atoms with Crippen LogP contribution in [0.5, 0.6) is 0 Å². The van der Waals surface area contributed by atoms with Gasteiger partial charge in [-0.3, -0.25) is 0 Å². The molecule has 0 fully saturated rings. The van der Waals surface area contributed by atoms with Crippen LogP contribution in [0.25, 0.3) is 0 Å². The van der Waals surface area contributed by atoms with Gasteiger partial charge in [-0.1, -0.05) is 20.8 Å². The fourth-order valence-electron chi connectivity index (χ4n) is 2.28. The summed E-state index contributed by atoms with van der Waals surface area (Å²) >= 11 is 0. The van der Waals surface area contributed by atoms with Crippen molar-refractivity contribution < 1.29 is 4.39 Å². The van der Waals surface area contributed by atoms with Gasteiger partial charge in [0.25, 0.3) is 0 Å². The van der Waals surface area contributed by atoms with Crippen LogP contribution in [0.1, 0.15) is 32.3 Å². The minimum Gasteiger partial charge on any atom is -0.381 e. The van der Waals surface area contributed by atoms with Gasteiger partial charge < -0.3 is 5.32 Å². The number of hydrogen-bond acceptors (Lipinski definition) is 1. The van der Waals surface area contributed by atoms with Gasteiger partial charge in [-0.25, -0.2) is 4.39 Å². The van der Waals surface area contributed by atoms with E-state index < -0.39 is 0 Å². The minimum atomic E-state index is -0.137. The molecule has 1 N–H and O–H groups in total. The van der Waals surface area contributed by atoms with E-state index in [0.29, 0.717) is 17.9 Å². The molecule has 1 aliphatic heterocycles. The fourth-order valence-corrected chi connectivity index (χ4v) is 2.28. The molecule has 0 bridgehead atoms. The van der Waals surface area contributed by atoms with E-state index in [1.807, 2.05) is 6.07 Å². The third-order valence-electron chi connectivity index (χ3n) is 3.08. The Balaban J connectivity index is 2.36. The summed E-state index contributed by atoms with van der Waals surface area (Å²) in [6, 6.07) is 5.44. The molecule has 2 rings (SSSR count). The SMILES string of the molecule is CC(C)C1Nc2ccc(F)cc2C1C. The van der Waals surface area contributed by atoms with Crippen LogP contribution in [-0.4, -0.2) is 6.04 Å². The van der Waals surface area contributed by atoms with E-state index in [0.717, 1.165) is 11.3 Å². The highest BCUT2D eigenvalue weighted by atomic mass is 19.1. The zero-order valence-electron chi connectivity index (χ0n) is 8.84. The van der Waals surface area contributed by atoms with Crippen LogP contribution in [0.2, 0.25) is 0 Å². The average Bonchev–Trinajstić information content (AvgIpc) is 2.44. The molecule has 0 aromatic heterocycles. The molecule has 1 heterocycles. The van der Waals surface area contributed by atoms with Crippen LogP contribution in [0.3, 0.4) is 0 Å². The first-order valence-electron chi connectivity index (χ1n) is 5.15. The normalized spacial score (nSPS) is 24.9. The third kappa shape index (κ3) is 1.39. The van der Waals surface area contributed by atoms with Gasteiger partial charge >= 0.3 is 0 Å². The van der Waals surface area contributed by atoms with E-state index in [1.165, 1.54) is 6.07 Å². The average molecular weight is 193 g/mol. The van der Waals surface area contributed by atoms with E-state index in [2.05, 4.69) is 26.1 Å².